The van der Waals surface area contributed by atoms with Gasteiger partial charge in [-0.2, -0.15) is 0 Å². The smallest absolute Gasteiger partial charge is 0.262 e. The van der Waals surface area contributed by atoms with Crippen LogP contribution in [0.15, 0.2) is 48.5 Å². The van der Waals surface area contributed by atoms with Crippen LogP contribution in [0, 0.1) is 0 Å². The molecule has 0 fully saturated rings. The van der Waals surface area contributed by atoms with E-state index in [1.807, 2.05) is 31.2 Å². The number of nitrogens with one attached hydrogen (secondary N) is 2. The molecule has 2 aromatic rings. The molecule has 1 aliphatic heterocycles. The summed E-state index contributed by atoms with van der Waals surface area (Å²) in [7, 11) is 0. The number of ether oxygens (including phenoxy) is 2. The molecule has 2 aromatic carbocycles. The van der Waals surface area contributed by atoms with Gasteiger partial charge in [0.05, 0.1) is 12.3 Å². The summed E-state index contributed by atoms with van der Waals surface area (Å²) in [6.07, 6.45) is 3.13. The quantitative estimate of drug-likeness (QED) is 0.822. The van der Waals surface area contributed by atoms with Crippen LogP contribution < -0.4 is 20.1 Å². The maximum atomic E-state index is 12.1. The average molecular weight is 338 g/mol. The highest BCUT2D eigenvalue weighted by Crippen LogP contribution is 2.30. The fourth-order valence-electron chi connectivity index (χ4n) is 2.42. The number of fused-ring (bicyclic) bond motifs is 1. The van der Waals surface area contributed by atoms with E-state index in [1.54, 1.807) is 24.3 Å². The Hall–Kier alpha value is -3.28. The van der Waals surface area contributed by atoms with Crippen LogP contribution in [-0.4, -0.2) is 25.0 Å². The largest absolute Gasteiger partial charge is 0.493 e. The Morgan fingerprint density at radius 2 is 2.16 bits per heavy atom. The third-order valence-corrected chi connectivity index (χ3v) is 3.51. The van der Waals surface area contributed by atoms with E-state index >= 15 is 0 Å². The van der Waals surface area contributed by atoms with E-state index in [2.05, 4.69) is 10.6 Å². The molecule has 0 bridgehead atoms. The van der Waals surface area contributed by atoms with Crippen LogP contribution in [0.5, 0.6) is 11.5 Å². The summed E-state index contributed by atoms with van der Waals surface area (Å²) in [6.45, 7) is 2.46. The van der Waals surface area contributed by atoms with Gasteiger partial charge in [-0.3, -0.25) is 9.59 Å². The summed E-state index contributed by atoms with van der Waals surface area (Å²) in [4.78, 5) is 23.5. The first-order chi connectivity index (χ1) is 12.2. The first-order valence-electron chi connectivity index (χ1n) is 7.93. The molecule has 1 aliphatic rings. The number of rotatable bonds is 5. The van der Waals surface area contributed by atoms with Crippen LogP contribution in [0.25, 0.3) is 6.08 Å². The Bertz CT molecular complexity index is 830. The van der Waals surface area contributed by atoms with Gasteiger partial charge in [0, 0.05) is 17.3 Å². The number of hydrogen-bond donors (Lipinski definition) is 2. The van der Waals surface area contributed by atoms with E-state index in [0.29, 0.717) is 23.7 Å². The highest BCUT2D eigenvalue weighted by Gasteiger charge is 2.16. The van der Waals surface area contributed by atoms with Crippen LogP contribution in [0.2, 0.25) is 0 Å². The molecule has 0 radical (unpaired) electrons. The van der Waals surface area contributed by atoms with Crippen molar-refractivity contribution in [2.75, 3.05) is 23.8 Å². The van der Waals surface area contributed by atoms with Crippen LogP contribution in [0.1, 0.15) is 12.5 Å². The predicted molar refractivity (Wildman–Crippen MR) is 95.8 cm³/mol. The molecule has 0 unspecified atom stereocenters. The lowest BCUT2D eigenvalue weighted by Gasteiger charge is -2.18. The van der Waals surface area contributed by atoms with Crippen molar-refractivity contribution in [3.05, 3.63) is 54.1 Å². The second kappa shape index (κ2) is 7.53. The van der Waals surface area contributed by atoms with Gasteiger partial charge in [-0.15, -0.1) is 0 Å². The number of benzene rings is 2. The standard InChI is InChI=1S/C19H18N2O4/c1-2-24-16-6-4-3-5-13(16)7-10-18(22)20-14-8-9-17-15(11-14)21-19(23)12-25-17/h3-11H,2,12H2,1H3,(H,20,22)(H,21,23)/b10-7+. The Morgan fingerprint density at radius 1 is 1.32 bits per heavy atom. The van der Waals surface area contributed by atoms with E-state index in [1.165, 1.54) is 6.08 Å². The lowest BCUT2D eigenvalue weighted by molar-refractivity contribution is -0.118. The van der Waals surface area contributed by atoms with E-state index in [4.69, 9.17) is 9.47 Å². The molecule has 0 aromatic heterocycles. The average Bonchev–Trinajstić information content (AvgIpc) is 2.61. The van der Waals surface area contributed by atoms with Crippen molar-refractivity contribution < 1.29 is 19.1 Å². The normalized spacial score (nSPS) is 12.9. The first-order valence-corrected chi connectivity index (χ1v) is 7.93. The van der Waals surface area contributed by atoms with Gasteiger partial charge in [0.15, 0.2) is 6.61 Å². The molecule has 6 heteroatoms. The van der Waals surface area contributed by atoms with Crippen molar-refractivity contribution in [3.8, 4) is 11.5 Å². The van der Waals surface area contributed by atoms with Crippen LogP contribution in [-0.2, 0) is 9.59 Å². The summed E-state index contributed by atoms with van der Waals surface area (Å²) in [5.74, 6) is 0.805. The van der Waals surface area contributed by atoms with Crippen LogP contribution >= 0.6 is 0 Å². The number of amides is 2. The lowest BCUT2D eigenvalue weighted by Crippen LogP contribution is -2.25. The van der Waals surface area contributed by atoms with Crippen molar-refractivity contribution in [2.24, 2.45) is 0 Å². The Balaban J connectivity index is 1.69. The van der Waals surface area contributed by atoms with Crippen molar-refractivity contribution in [3.63, 3.8) is 0 Å². The van der Waals surface area contributed by atoms with E-state index in [9.17, 15) is 9.59 Å². The maximum absolute atomic E-state index is 12.1. The molecule has 2 N–H and O–H groups in total. The zero-order valence-electron chi connectivity index (χ0n) is 13.7. The molecular weight excluding hydrogens is 320 g/mol. The minimum Gasteiger partial charge on any atom is -0.493 e. The van der Waals surface area contributed by atoms with Gasteiger partial charge in [0.2, 0.25) is 5.91 Å². The number of carbonyl (C=O) groups excluding carboxylic acids is 2. The summed E-state index contributed by atoms with van der Waals surface area (Å²) in [5.41, 5.74) is 1.93. The Kier molecular flexibility index (Phi) is 4.99. The van der Waals surface area contributed by atoms with Gasteiger partial charge in [-0.05, 0) is 37.3 Å². The van der Waals surface area contributed by atoms with E-state index in [-0.39, 0.29) is 18.4 Å². The van der Waals surface area contributed by atoms with Gasteiger partial charge in [-0.25, -0.2) is 0 Å². The molecule has 0 saturated carbocycles. The SMILES string of the molecule is CCOc1ccccc1/C=C/C(=O)Nc1ccc2c(c1)NC(=O)CO2. The molecule has 0 atom stereocenters. The van der Waals surface area contributed by atoms with Crippen LogP contribution in [0.4, 0.5) is 11.4 Å². The van der Waals surface area contributed by atoms with Gasteiger partial charge >= 0.3 is 0 Å². The number of carbonyl (C=O) groups is 2. The van der Waals surface area contributed by atoms with Gasteiger partial charge in [0.1, 0.15) is 11.5 Å². The topological polar surface area (TPSA) is 76.7 Å². The summed E-state index contributed by atoms with van der Waals surface area (Å²) >= 11 is 0. The Labute approximate surface area is 145 Å². The van der Waals surface area contributed by atoms with Gasteiger partial charge in [-0.1, -0.05) is 18.2 Å². The second-order valence-corrected chi connectivity index (χ2v) is 5.34. The van der Waals surface area contributed by atoms with Crippen molar-refractivity contribution in [1.29, 1.82) is 0 Å². The second-order valence-electron chi connectivity index (χ2n) is 5.34. The molecule has 2 amide bonds. The molecule has 0 spiro atoms. The lowest BCUT2D eigenvalue weighted by atomic mass is 10.2. The minimum atomic E-state index is -0.283. The van der Waals surface area contributed by atoms with Crippen LogP contribution in [0.3, 0.4) is 0 Å². The summed E-state index contributed by atoms with van der Waals surface area (Å²) in [5, 5.41) is 5.46. The fourth-order valence-corrected chi connectivity index (χ4v) is 2.42. The molecule has 25 heavy (non-hydrogen) atoms. The number of anilines is 2. The monoisotopic (exact) mass is 338 g/mol. The summed E-state index contributed by atoms with van der Waals surface area (Å²) < 4.78 is 10.8. The molecular formula is C19H18N2O4. The van der Waals surface area contributed by atoms with Crippen molar-refractivity contribution >= 4 is 29.3 Å². The summed E-state index contributed by atoms with van der Waals surface area (Å²) in [6, 6.07) is 12.6. The highest BCUT2D eigenvalue weighted by atomic mass is 16.5. The van der Waals surface area contributed by atoms with Crippen molar-refractivity contribution in [1.82, 2.24) is 0 Å². The van der Waals surface area contributed by atoms with E-state index in [0.717, 1.165) is 11.3 Å². The molecule has 1 heterocycles. The zero-order valence-corrected chi connectivity index (χ0v) is 13.7. The maximum Gasteiger partial charge on any atom is 0.262 e. The molecule has 0 saturated heterocycles. The third-order valence-electron chi connectivity index (χ3n) is 3.51. The molecule has 0 aliphatic carbocycles. The van der Waals surface area contributed by atoms with Crippen molar-refractivity contribution in [2.45, 2.75) is 6.92 Å². The van der Waals surface area contributed by atoms with Gasteiger partial charge in [0.25, 0.3) is 5.91 Å². The molecule has 6 nitrogen and oxygen atoms in total. The molecule has 3 rings (SSSR count). The minimum absolute atomic E-state index is 0.000678. The molecule has 128 valence electrons. The predicted octanol–water partition coefficient (Wildman–Crippen LogP) is 3.07. The first kappa shape index (κ1) is 16.6. The Morgan fingerprint density at radius 3 is 3.00 bits per heavy atom. The fraction of sp³-hybridized carbons (Fsp3) is 0.158. The number of para-hydroxylation sites is 1. The van der Waals surface area contributed by atoms with E-state index < -0.39 is 0 Å². The number of hydrogen-bond acceptors (Lipinski definition) is 4. The highest BCUT2D eigenvalue weighted by molar-refractivity contribution is 6.03. The third kappa shape index (κ3) is 4.17. The zero-order chi connectivity index (χ0) is 17.6. The van der Waals surface area contributed by atoms with Gasteiger partial charge < -0.3 is 20.1 Å².